The van der Waals surface area contributed by atoms with E-state index < -0.39 is 29.2 Å². The Labute approximate surface area is 188 Å². The zero-order valence-corrected chi connectivity index (χ0v) is 17.6. The second kappa shape index (κ2) is 7.53. The molecular formula is C25H19NO7. The minimum absolute atomic E-state index is 0.0475. The van der Waals surface area contributed by atoms with Gasteiger partial charge in [0.1, 0.15) is 11.5 Å². The fraction of sp³-hybridized carbons (Fsp3) is 0.200. The molecule has 0 fully saturated rings. The SMILES string of the molecule is C=C(CNC1=C(O)C2=C(C(=O)C1=O)C1C3=C(C(=O)C=CC3=O)C2c2ccccc21)OOCC. The van der Waals surface area contributed by atoms with Crippen LogP contribution in [0.2, 0.25) is 0 Å². The number of allylic oxidation sites excluding steroid dienone is 7. The van der Waals surface area contributed by atoms with Crippen molar-refractivity contribution in [2.24, 2.45) is 0 Å². The predicted molar refractivity (Wildman–Crippen MR) is 115 cm³/mol. The molecule has 6 rings (SSSR count). The van der Waals surface area contributed by atoms with Gasteiger partial charge in [0.2, 0.25) is 5.78 Å². The summed E-state index contributed by atoms with van der Waals surface area (Å²) in [6.45, 7) is 5.55. The maximum atomic E-state index is 13.3. The first kappa shape index (κ1) is 20.8. The highest BCUT2D eigenvalue weighted by atomic mass is 17.2. The summed E-state index contributed by atoms with van der Waals surface area (Å²) in [6.07, 6.45) is 2.39. The Balaban J connectivity index is 1.65. The van der Waals surface area contributed by atoms with Gasteiger partial charge in [-0.2, -0.15) is 4.89 Å². The van der Waals surface area contributed by atoms with Crippen LogP contribution in [-0.4, -0.2) is 41.4 Å². The van der Waals surface area contributed by atoms with Gasteiger partial charge in [-0.3, -0.25) is 19.2 Å². The maximum absolute atomic E-state index is 13.3. The third kappa shape index (κ3) is 2.87. The molecule has 33 heavy (non-hydrogen) atoms. The molecule has 0 spiro atoms. The van der Waals surface area contributed by atoms with Crippen molar-refractivity contribution in [3.05, 3.63) is 93.6 Å². The van der Waals surface area contributed by atoms with Crippen molar-refractivity contribution in [1.29, 1.82) is 0 Å². The molecule has 0 amide bonds. The Kier molecular flexibility index (Phi) is 4.75. The second-order valence-corrected chi connectivity index (χ2v) is 7.98. The van der Waals surface area contributed by atoms with E-state index in [0.717, 1.165) is 0 Å². The summed E-state index contributed by atoms with van der Waals surface area (Å²) in [5, 5.41) is 13.9. The Morgan fingerprint density at radius 3 is 2.09 bits per heavy atom. The first-order chi connectivity index (χ1) is 15.9. The van der Waals surface area contributed by atoms with Crippen LogP contribution in [0.1, 0.15) is 29.9 Å². The Morgan fingerprint density at radius 2 is 1.52 bits per heavy atom. The number of aliphatic hydroxyl groups excluding tert-OH is 1. The molecule has 0 aliphatic heterocycles. The van der Waals surface area contributed by atoms with Crippen molar-refractivity contribution in [1.82, 2.24) is 5.32 Å². The number of benzene rings is 1. The maximum Gasteiger partial charge on any atom is 0.252 e. The Bertz CT molecular complexity index is 1310. The quantitative estimate of drug-likeness (QED) is 0.171. The summed E-state index contributed by atoms with van der Waals surface area (Å²) in [6, 6.07) is 7.14. The van der Waals surface area contributed by atoms with Crippen molar-refractivity contribution < 1.29 is 34.1 Å². The summed E-state index contributed by atoms with van der Waals surface area (Å²) >= 11 is 0. The molecule has 0 saturated heterocycles. The zero-order valence-electron chi connectivity index (χ0n) is 17.6. The van der Waals surface area contributed by atoms with E-state index in [9.17, 15) is 24.3 Å². The van der Waals surface area contributed by atoms with E-state index in [-0.39, 0.29) is 58.5 Å². The van der Waals surface area contributed by atoms with Crippen LogP contribution in [0.5, 0.6) is 0 Å². The molecule has 5 aliphatic rings. The van der Waals surface area contributed by atoms with Crippen LogP contribution in [0, 0.1) is 0 Å². The third-order valence-corrected chi connectivity index (χ3v) is 6.20. The lowest BCUT2D eigenvalue weighted by atomic mass is 9.56. The molecule has 2 bridgehead atoms. The number of rotatable bonds is 6. The summed E-state index contributed by atoms with van der Waals surface area (Å²) in [7, 11) is 0. The number of carbonyl (C=O) groups is 4. The Hall–Kier alpha value is -4.04. The summed E-state index contributed by atoms with van der Waals surface area (Å²) in [5.41, 5.74) is 1.76. The first-order valence-corrected chi connectivity index (χ1v) is 10.4. The van der Waals surface area contributed by atoms with Gasteiger partial charge >= 0.3 is 0 Å². The summed E-state index contributed by atoms with van der Waals surface area (Å²) in [4.78, 5) is 61.6. The molecule has 1 aromatic carbocycles. The number of hydrogen-bond acceptors (Lipinski definition) is 8. The van der Waals surface area contributed by atoms with E-state index >= 15 is 0 Å². The lowest BCUT2D eigenvalue weighted by Crippen LogP contribution is -2.44. The molecule has 1 aromatic rings. The lowest BCUT2D eigenvalue weighted by molar-refractivity contribution is -0.258. The van der Waals surface area contributed by atoms with Gasteiger partial charge in [-0.15, -0.1) is 0 Å². The van der Waals surface area contributed by atoms with Crippen LogP contribution in [0.15, 0.2) is 82.5 Å². The van der Waals surface area contributed by atoms with E-state index in [1.54, 1.807) is 31.2 Å². The van der Waals surface area contributed by atoms with Gasteiger partial charge in [0, 0.05) is 34.1 Å². The van der Waals surface area contributed by atoms with Crippen LogP contribution >= 0.6 is 0 Å². The zero-order chi connectivity index (χ0) is 23.4. The molecule has 0 aromatic heterocycles. The predicted octanol–water partition coefficient (Wildman–Crippen LogP) is 2.17. The molecule has 0 saturated carbocycles. The first-order valence-electron chi connectivity index (χ1n) is 10.4. The average molecular weight is 445 g/mol. The van der Waals surface area contributed by atoms with Gasteiger partial charge in [-0.1, -0.05) is 30.8 Å². The van der Waals surface area contributed by atoms with Crippen molar-refractivity contribution in [3.8, 4) is 0 Å². The number of carbonyl (C=O) groups excluding carboxylic acids is 4. The van der Waals surface area contributed by atoms with Gasteiger partial charge < -0.3 is 15.3 Å². The van der Waals surface area contributed by atoms with Crippen LogP contribution in [0.3, 0.4) is 0 Å². The van der Waals surface area contributed by atoms with Crippen molar-refractivity contribution in [3.63, 3.8) is 0 Å². The van der Waals surface area contributed by atoms with E-state index in [1.165, 1.54) is 12.2 Å². The Morgan fingerprint density at radius 1 is 0.939 bits per heavy atom. The highest BCUT2D eigenvalue weighted by molar-refractivity contribution is 6.51. The number of ketones is 4. The largest absolute Gasteiger partial charge is 0.505 e. The van der Waals surface area contributed by atoms with Gasteiger partial charge in [-0.25, -0.2) is 0 Å². The third-order valence-electron chi connectivity index (χ3n) is 6.20. The minimum atomic E-state index is -0.937. The molecule has 0 heterocycles. The summed E-state index contributed by atoms with van der Waals surface area (Å²) < 4.78 is 0. The topological polar surface area (TPSA) is 119 Å². The molecule has 8 heteroatoms. The molecule has 2 atom stereocenters. The van der Waals surface area contributed by atoms with E-state index in [2.05, 4.69) is 11.9 Å². The molecule has 2 unspecified atom stereocenters. The van der Waals surface area contributed by atoms with Crippen LogP contribution in [0.4, 0.5) is 0 Å². The monoisotopic (exact) mass is 445 g/mol. The lowest BCUT2D eigenvalue weighted by Gasteiger charge is -2.44. The molecular weight excluding hydrogens is 426 g/mol. The summed E-state index contributed by atoms with van der Waals surface area (Å²) in [5.74, 6) is -4.52. The van der Waals surface area contributed by atoms with Gasteiger partial charge in [-0.05, 0) is 30.2 Å². The van der Waals surface area contributed by atoms with Gasteiger partial charge in [0.25, 0.3) is 5.78 Å². The van der Waals surface area contributed by atoms with Crippen LogP contribution in [0.25, 0.3) is 0 Å². The van der Waals surface area contributed by atoms with Crippen LogP contribution in [-0.2, 0) is 29.0 Å². The average Bonchev–Trinajstić information content (AvgIpc) is 2.82. The standard InChI is InChI=1S/C25H19NO7/c1-3-32-33-11(2)10-26-22-23(29)20-16-12-6-4-5-7-13(12)17(21(20)24(30)25(22)31)19-15(28)9-8-14(27)18(16)19/h4-9,16-17,26,29H,2-3,10H2,1H3. The number of nitrogens with one attached hydrogen (secondary N) is 1. The van der Waals surface area contributed by atoms with Crippen molar-refractivity contribution >= 4 is 23.1 Å². The van der Waals surface area contributed by atoms with E-state index in [0.29, 0.717) is 11.1 Å². The van der Waals surface area contributed by atoms with Crippen molar-refractivity contribution in [2.75, 3.05) is 13.2 Å². The van der Waals surface area contributed by atoms with E-state index in [1.807, 2.05) is 0 Å². The fourth-order valence-electron chi connectivity index (χ4n) is 4.97. The normalized spacial score (nSPS) is 23.1. The smallest absolute Gasteiger partial charge is 0.252 e. The van der Waals surface area contributed by atoms with Gasteiger partial charge in [0.15, 0.2) is 17.3 Å². The molecule has 166 valence electrons. The fourth-order valence-corrected chi connectivity index (χ4v) is 4.97. The second-order valence-electron chi connectivity index (χ2n) is 7.98. The van der Waals surface area contributed by atoms with Gasteiger partial charge in [0.05, 0.1) is 13.2 Å². The number of Topliss-reactive ketones (excluding diaryl/α,β-unsaturated/α-hetero) is 2. The minimum Gasteiger partial charge on any atom is -0.505 e. The van der Waals surface area contributed by atoms with Crippen LogP contribution < -0.4 is 5.32 Å². The van der Waals surface area contributed by atoms with E-state index in [4.69, 9.17) is 9.78 Å². The molecule has 2 N–H and O–H groups in total. The number of aliphatic hydroxyl groups is 1. The van der Waals surface area contributed by atoms with Crippen molar-refractivity contribution in [2.45, 2.75) is 18.8 Å². The number of hydrogen-bond donors (Lipinski definition) is 2. The molecule has 0 radical (unpaired) electrons. The highest BCUT2D eigenvalue weighted by Gasteiger charge is 2.54. The highest BCUT2D eigenvalue weighted by Crippen LogP contribution is 2.59. The molecule has 8 nitrogen and oxygen atoms in total. The molecule has 5 aliphatic carbocycles.